The van der Waals surface area contributed by atoms with E-state index in [1.807, 2.05) is 24.3 Å². The van der Waals surface area contributed by atoms with Gasteiger partial charge in [-0.15, -0.1) is 0 Å². The quantitative estimate of drug-likeness (QED) is 0.777. The molecule has 0 atom stereocenters. The molecule has 1 aromatic rings. The molecule has 0 aliphatic rings. The van der Waals surface area contributed by atoms with E-state index in [2.05, 4.69) is 11.4 Å². The highest BCUT2D eigenvalue weighted by molar-refractivity contribution is 5.76. The Morgan fingerprint density at radius 1 is 1.39 bits per heavy atom. The molecule has 1 aromatic carbocycles. The summed E-state index contributed by atoms with van der Waals surface area (Å²) in [7, 11) is 0. The van der Waals surface area contributed by atoms with Crippen molar-refractivity contribution in [2.45, 2.75) is 26.7 Å². The average Bonchev–Trinajstić information content (AvgIpc) is 2.36. The van der Waals surface area contributed by atoms with Gasteiger partial charge >= 0.3 is 0 Å². The summed E-state index contributed by atoms with van der Waals surface area (Å²) in [5.74, 6) is -0.0323. The molecule has 4 nitrogen and oxygen atoms in total. The fourth-order valence-corrected chi connectivity index (χ4v) is 1.39. The molecule has 18 heavy (non-hydrogen) atoms. The van der Waals surface area contributed by atoms with Crippen LogP contribution in [-0.2, 0) is 11.2 Å². The molecule has 1 rings (SSSR count). The Bertz CT molecular complexity index is 443. The number of nitrogens with one attached hydrogen (secondary N) is 1. The van der Waals surface area contributed by atoms with E-state index in [4.69, 9.17) is 11.0 Å². The highest BCUT2D eigenvalue weighted by atomic mass is 16.1. The van der Waals surface area contributed by atoms with Gasteiger partial charge in [0.25, 0.3) is 0 Å². The summed E-state index contributed by atoms with van der Waals surface area (Å²) in [4.78, 5) is 11.6. The number of aryl methyl sites for hydroxylation is 1. The molecule has 0 aliphatic heterocycles. The lowest BCUT2D eigenvalue weighted by molar-refractivity contribution is -0.121. The maximum absolute atomic E-state index is 11.6. The summed E-state index contributed by atoms with van der Waals surface area (Å²) < 4.78 is 0. The maximum Gasteiger partial charge on any atom is 0.220 e. The zero-order valence-corrected chi connectivity index (χ0v) is 10.9. The number of rotatable bonds is 5. The Kier molecular flexibility index (Phi) is 4.73. The van der Waals surface area contributed by atoms with Crippen LogP contribution in [0.3, 0.4) is 0 Å². The summed E-state index contributed by atoms with van der Waals surface area (Å²) in [5.41, 5.74) is 6.87. The lowest BCUT2D eigenvalue weighted by Gasteiger charge is -2.15. The maximum atomic E-state index is 11.6. The molecule has 96 valence electrons. The van der Waals surface area contributed by atoms with Crippen molar-refractivity contribution >= 4 is 11.6 Å². The van der Waals surface area contributed by atoms with Crippen LogP contribution in [0.15, 0.2) is 24.3 Å². The summed E-state index contributed by atoms with van der Waals surface area (Å²) in [6.45, 7) is 3.98. The molecule has 0 radical (unpaired) electrons. The normalized spacial score (nSPS) is 10.7. The van der Waals surface area contributed by atoms with Gasteiger partial charge in [0.15, 0.2) is 0 Å². The van der Waals surface area contributed by atoms with E-state index in [1.165, 1.54) is 0 Å². The molecule has 1 amide bonds. The van der Waals surface area contributed by atoms with Crippen molar-refractivity contribution < 1.29 is 4.79 Å². The fourth-order valence-electron chi connectivity index (χ4n) is 1.39. The third kappa shape index (κ3) is 4.88. The SMILES string of the molecule is CC(C)(C#N)CNC(=O)CCc1ccc(N)cc1. The van der Waals surface area contributed by atoms with Crippen LogP contribution < -0.4 is 11.1 Å². The Balaban J connectivity index is 2.34. The van der Waals surface area contributed by atoms with E-state index < -0.39 is 5.41 Å². The predicted molar refractivity (Wildman–Crippen MR) is 71.6 cm³/mol. The van der Waals surface area contributed by atoms with Gasteiger partial charge in [-0.3, -0.25) is 4.79 Å². The highest BCUT2D eigenvalue weighted by Gasteiger charge is 2.17. The number of nitrogen functional groups attached to an aromatic ring is 1. The smallest absolute Gasteiger partial charge is 0.220 e. The second kappa shape index (κ2) is 6.06. The summed E-state index contributed by atoms with van der Waals surface area (Å²) in [5, 5.41) is 11.6. The Hall–Kier alpha value is -2.02. The molecule has 0 saturated heterocycles. The van der Waals surface area contributed by atoms with Crippen LogP contribution >= 0.6 is 0 Å². The van der Waals surface area contributed by atoms with Crippen LogP contribution in [0.25, 0.3) is 0 Å². The minimum atomic E-state index is -0.517. The standard InChI is InChI=1S/C14H19N3O/c1-14(2,9-15)10-17-13(18)8-5-11-3-6-12(16)7-4-11/h3-4,6-7H,5,8,10,16H2,1-2H3,(H,17,18). The second-order valence-electron chi connectivity index (χ2n) is 5.01. The zero-order chi connectivity index (χ0) is 13.6. The molecule has 0 spiro atoms. The largest absolute Gasteiger partial charge is 0.399 e. The summed E-state index contributed by atoms with van der Waals surface area (Å²) in [6, 6.07) is 9.64. The molecule has 0 fully saturated rings. The number of carbonyl (C=O) groups excluding carboxylic acids is 1. The van der Waals surface area contributed by atoms with E-state index in [-0.39, 0.29) is 5.91 Å². The van der Waals surface area contributed by atoms with Gasteiger partial charge in [0, 0.05) is 18.7 Å². The molecule has 3 N–H and O–H groups in total. The summed E-state index contributed by atoms with van der Waals surface area (Å²) in [6.07, 6.45) is 1.10. The number of amides is 1. The van der Waals surface area contributed by atoms with Crippen LogP contribution in [0, 0.1) is 16.7 Å². The molecule has 0 heterocycles. The van der Waals surface area contributed by atoms with Crippen molar-refractivity contribution in [1.29, 1.82) is 5.26 Å². The number of anilines is 1. The first-order valence-electron chi connectivity index (χ1n) is 5.95. The van der Waals surface area contributed by atoms with Crippen molar-refractivity contribution in [3.63, 3.8) is 0 Å². The van der Waals surface area contributed by atoms with Crippen molar-refractivity contribution in [2.75, 3.05) is 12.3 Å². The van der Waals surface area contributed by atoms with Crippen LogP contribution in [-0.4, -0.2) is 12.5 Å². The van der Waals surface area contributed by atoms with Crippen LogP contribution in [0.2, 0.25) is 0 Å². The van der Waals surface area contributed by atoms with Crippen molar-refractivity contribution in [1.82, 2.24) is 5.32 Å². The lowest BCUT2D eigenvalue weighted by atomic mass is 9.96. The van der Waals surface area contributed by atoms with Gasteiger partial charge in [-0.1, -0.05) is 12.1 Å². The van der Waals surface area contributed by atoms with Crippen molar-refractivity contribution in [3.8, 4) is 6.07 Å². The number of nitriles is 1. The van der Waals surface area contributed by atoms with E-state index in [0.717, 1.165) is 11.3 Å². The van der Waals surface area contributed by atoms with E-state index >= 15 is 0 Å². The molecule has 4 heteroatoms. The molecule has 0 aromatic heterocycles. The van der Waals surface area contributed by atoms with Crippen molar-refractivity contribution in [3.05, 3.63) is 29.8 Å². The first kappa shape index (κ1) is 14.0. The van der Waals surface area contributed by atoms with E-state index in [9.17, 15) is 4.79 Å². The second-order valence-corrected chi connectivity index (χ2v) is 5.01. The Morgan fingerprint density at radius 2 is 2.00 bits per heavy atom. The minimum absolute atomic E-state index is 0.0323. The van der Waals surface area contributed by atoms with Gasteiger partial charge in [0.1, 0.15) is 0 Å². The summed E-state index contributed by atoms with van der Waals surface area (Å²) >= 11 is 0. The highest BCUT2D eigenvalue weighted by Crippen LogP contribution is 2.11. The molecule has 0 aliphatic carbocycles. The number of nitrogens with zero attached hydrogens (tertiary/aromatic N) is 1. The lowest BCUT2D eigenvalue weighted by Crippen LogP contribution is -2.33. The van der Waals surface area contributed by atoms with E-state index in [1.54, 1.807) is 13.8 Å². The third-order valence-electron chi connectivity index (χ3n) is 2.65. The number of hydrogen-bond donors (Lipinski definition) is 2. The molecular formula is C14H19N3O. The van der Waals surface area contributed by atoms with Crippen LogP contribution in [0.1, 0.15) is 25.8 Å². The number of nitrogens with two attached hydrogens (primary N) is 1. The topological polar surface area (TPSA) is 78.9 Å². The number of benzene rings is 1. The van der Waals surface area contributed by atoms with E-state index in [0.29, 0.717) is 19.4 Å². The van der Waals surface area contributed by atoms with Gasteiger partial charge in [0.05, 0.1) is 11.5 Å². The first-order valence-corrected chi connectivity index (χ1v) is 5.95. The predicted octanol–water partition coefficient (Wildman–Crippen LogP) is 1.87. The van der Waals surface area contributed by atoms with Gasteiger partial charge < -0.3 is 11.1 Å². The monoisotopic (exact) mass is 245 g/mol. The number of carbonyl (C=O) groups is 1. The zero-order valence-electron chi connectivity index (χ0n) is 10.9. The molecule has 0 unspecified atom stereocenters. The molecule has 0 saturated carbocycles. The minimum Gasteiger partial charge on any atom is -0.399 e. The van der Waals surface area contributed by atoms with Gasteiger partial charge in [-0.2, -0.15) is 5.26 Å². The molecular weight excluding hydrogens is 226 g/mol. The fraction of sp³-hybridized carbons (Fsp3) is 0.429. The molecule has 0 bridgehead atoms. The van der Waals surface area contributed by atoms with Gasteiger partial charge in [-0.05, 0) is 38.0 Å². The Morgan fingerprint density at radius 3 is 2.56 bits per heavy atom. The van der Waals surface area contributed by atoms with Gasteiger partial charge in [0.2, 0.25) is 5.91 Å². The van der Waals surface area contributed by atoms with Gasteiger partial charge in [-0.25, -0.2) is 0 Å². The number of hydrogen-bond acceptors (Lipinski definition) is 3. The first-order chi connectivity index (χ1) is 8.43. The Labute approximate surface area is 108 Å². The van der Waals surface area contributed by atoms with Crippen LogP contribution in [0.5, 0.6) is 0 Å². The van der Waals surface area contributed by atoms with Crippen LogP contribution in [0.4, 0.5) is 5.69 Å². The van der Waals surface area contributed by atoms with Crippen molar-refractivity contribution in [2.24, 2.45) is 5.41 Å². The average molecular weight is 245 g/mol. The third-order valence-corrected chi connectivity index (χ3v) is 2.65.